The van der Waals surface area contributed by atoms with E-state index in [-0.39, 0.29) is 33.2 Å². The first-order valence-corrected chi connectivity index (χ1v) is 11.3. The van der Waals surface area contributed by atoms with Crippen molar-refractivity contribution >= 4 is 44.6 Å². The standard InChI is InChI=1S/C22H18ClFN2O4S/c1-31(29,30)17-7-4-6-15(11-17)22(28)26-20-10-9-16(13-18(20)23)25-21(27)12-14-5-2-3-8-19(14)24/h2-11,13H,12H2,1H3,(H,25,27)(H,26,28). The molecular formula is C22H18ClFN2O4S. The molecular weight excluding hydrogens is 443 g/mol. The molecule has 31 heavy (non-hydrogen) atoms. The molecule has 0 bridgehead atoms. The van der Waals surface area contributed by atoms with Gasteiger partial charge in [0.15, 0.2) is 9.84 Å². The molecule has 0 aliphatic heterocycles. The van der Waals surface area contributed by atoms with E-state index < -0.39 is 27.5 Å². The van der Waals surface area contributed by atoms with Crippen molar-refractivity contribution in [1.29, 1.82) is 0 Å². The van der Waals surface area contributed by atoms with Crippen LogP contribution in [0.5, 0.6) is 0 Å². The predicted octanol–water partition coefficient (Wildman–Crippen LogP) is 4.32. The van der Waals surface area contributed by atoms with Crippen LogP contribution in [0.15, 0.2) is 71.6 Å². The van der Waals surface area contributed by atoms with Gasteiger partial charge in [0.25, 0.3) is 5.91 Å². The van der Waals surface area contributed by atoms with E-state index in [0.29, 0.717) is 5.69 Å². The number of benzene rings is 3. The molecule has 0 unspecified atom stereocenters. The molecule has 3 aromatic rings. The second-order valence-corrected chi connectivity index (χ2v) is 9.19. The van der Waals surface area contributed by atoms with Crippen LogP contribution in [0.1, 0.15) is 15.9 Å². The number of hydrogen-bond acceptors (Lipinski definition) is 4. The molecule has 0 aliphatic carbocycles. The molecule has 0 aliphatic rings. The van der Waals surface area contributed by atoms with Crippen molar-refractivity contribution in [3.8, 4) is 0 Å². The normalized spacial score (nSPS) is 11.1. The van der Waals surface area contributed by atoms with Crippen molar-refractivity contribution in [3.05, 3.63) is 88.7 Å². The summed E-state index contributed by atoms with van der Waals surface area (Å²) in [5.74, 6) is -1.42. The summed E-state index contributed by atoms with van der Waals surface area (Å²) in [6.07, 6.45) is 0.916. The van der Waals surface area contributed by atoms with Gasteiger partial charge in [-0.05, 0) is 48.0 Å². The molecule has 0 saturated heterocycles. The molecule has 0 heterocycles. The number of rotatable bonds is 6. The molecule has 2 amide bonds. The van der Waals surface area contributed by atoms with E-state index in [1.807, 2.05) is 0 Å². The van der Waals surface area contributed by atoms with Gasteiger partial charge in [0, 0.05) is 17.5 Å². The third kappa shape index (κ3) is 5.90. The van der Waals surface area contributed by atoms with Gasteiger partial charge in [0.05, 0.1) is 22.0 Å². The van der Waals surface area contributed by atoms with E-state index in [9.17, 15) is 22.4 Å². The molecule has 0 aromatic heterocycles. The van der Waals surface area contributed by atoms with Gasteiger partial charge < -0.3 is 10.6 Å². The number of halogens is 2. The molecule has 0 radical (unpaired) electrons. The number of amides is 2. The Morgan fingerprint density at radius 3 is 2.39 bits per heavy atom. The molecule has 0 saturated carbocycles. The largest absolute Gasteiger partial charge is 0.326 e. The van der Waals surface area contributed by atoms with Crippen LogP contribution in [0.3, 0.4) is 0 Å². The van der Waals surface area contributed by atoms with Crippen LogP contribution in [0.4, 0.5) is 15.8 Å². The molecule has 6 nitrogen and oxygen atoms in total. The third-order valence-electron chi connectivity index (χ3n) is 4.33. The van der Waals surface area contributed by atoms with Gasteiger partial charge in [0.2, 0.25) is 5.91 Å². The maximum atomic E-state index is 13.7. The number of carbonyl (C=O) groups is 2. The Kier molecular flexibility index (Phi) is 6.72. The molecule has 9 heteroatoms. The topological polar surface area (TPSA) is 92.3 Å². The lowest BCUT2D eigenvalue weighted by Gasteiger charge is -2.11. The number of hydrogen-bond donors (Lipinski definition) is 2. The first kappa shape index (κ1) is 22.5. The van der Waals surface area contributed by atoms with Gasteiger partial charge in [-0.2, -0.15) is 0 Å². The van der Waals surface area contributed by atoms with Gasteiger partial charge in [0.1, 0.15) is 5.82 Å². The van der Waals surface area contributed by atoms with Crippen LogP contribution in [0.25, 0.3) is 0 Å². The highest BCUT2D eigenvalue weighted by Gasteiger charge is 2.14. The van der Waals surface area contributed by atoms with E-state index in [2.05, 4.69) is 10.6 Å². The van der Waals surface area contributed by atoms with Crippen molar-refractivity contribution < 1.29 is 22.4 Å². The maximum Gasteiger partial charge on any atom is 0.255 e. The molecule has 0 atom stereocenters. The van der Waals surface area contributed by atoms with Crippen molar-refractivity contribution in [2.24, 2.45) is 0 Å². The number of nitrogens with one attached hydrogen (secondary N) is 2. The Balaban J connectivity index is 1.69. The Morgan fingerprint density at radius 1 is 0.968 bits per heavy atom. The van der Waals surface area contributed by atoms with Crippen molar-refractivity contribution in [2.75, 3.05) is 16.9 Å². The van der Waals surface area contributed by atoms with E-state index in [0.717, 1.165) is 6.26 Å². The van der Waals surface area contributed by atoms with Crippen LogP contribution < -0.4 is 10.6 Å². The third-order valence-corrected chi connectivity index (χ3v) is 5.76. The van der Waals surface area contributed by atoms with Gasteiger partial charge >= 0.3 is 0 Å². The maximum absolute atomic E-state index is 13.7. The fourth-order valence-electron chi connectivity index (χ4n) is 2.78. The number of sulfone groups is 1. The van der Waals surface area contributed by atoms with Crippen LogP contribution in [-0.2, 0) is 21.1 Å². The number of anilines is 2. The SMILES string of the molecule is CS(=O)(=O)c1cccc(C(=O)Nc2ccc(NC(=O)Cc3ccccc3F)cc2Cl)c1. The molecule has 160 valence electrons. The molecule has 0 fully saturated rings. The highest BCUT2D eigenvalue weighted by atomic mass is 35.5. The van der Waals surface area contributed by atoms with Crippen molar-refractivity contribution in [2.45, 2.75) is 11.3 Å². The van der Waals surface area contributed by atoms with Crippen LogP contribution in [-0.4, -0.2) is 26.5 Å². The summed E-state index contributed by atoms with van der Waals surface area (Å²) in [6, 6.07) is 16.1. The van der Waals surface area contributed by atoms with Gasteiger partial charge in [-0.25, -0.2) is 12.8 Å². The molecule has 2 N–H and O–H groups in total. The molecule has 0 spiro atoms. The predicted molar refractivity (Wildman–Crippen MR) is 118 cm³/mol. The summed E-state index contributed by atoms with van der Waals surface area (Å²) in [4.78, 5) is 24.7. The second kappa shape index (κ2) is 9.28. The zero-order valence-electron chi connectivity index (χ0n) is 16.4. The summed E-state index contributed by atoms with van der Waals surface area (Å²) in [7, 11) is -3.45. The summed E-state index contributed by atoms with van der Waals surface area (Å²) in [5, 5.41) is 5.39. The van der Waals surface area contributed by atoms with Crippen molar-refractivity contribution in [3.63, 3.8) is 0 Å². The lowest BCUT2D eigenvalue weighted by molar-refractivity contribution is -0.115. The highest BCUT2D eigenvalue weighted by molar-refractivity contribution is 7.90. The Morgan fingerprint density at radius 2 is 1.71 bits per heavy atom. The average molecular weight is 461 g/mol. The zero-order valence-corrected chi connectivity index (χ0v) is 17.9. The quantitative estimate of drug-likeness (QED) is 0.573. The average Bonchev–Trinajstić information content (AvgIpc) is 2.71. The first-order valence-electron chi connectivity index (χ1n) is 9.08. The van der Waals surface area contributed by atoms with Crippen molar-refractivity contribution in [1.82, 2.24) is 0 Å². The minimum atomic E-state index is -3.45. The number of carbonyl (C=O) groups excluding carboxylic acids is 2. The lowest BCUT2D eigenvalue weighted by Crippen LogP contribution is -2.16. The zero-order chi connectivity index (χ0) is 22.6. The fraction of sp³-hybridized carbons (Fsp3) is 0.0909. The van der Waals surface area contributed by atoms with Crippen LogP contribution in [0, 0.1) is 5.82 Å². The van der Waals surface area contributed by atoms with E-state index in [1.54, 1.807) is 12.1 Å². The molecule has 3 aromatic carbocycles. The van der Waals surface area contributed by atoms with Gasteiger partial charge in [-0.15, -0.1) is 0 Å². The second-order valence-electron chi connectivity index (χ2n) is 6.77. The Bertz CT molecular complexity index is 1260. The Hall–Kier alpha value is -3.23. The first-order chi connectivity index (χ1) is 14.6. The van der Waals surface area contributed by atoms with Gasteiger partial charge in [-0.3, -0.25) is 9.59 Å². The van der Waals surface area contributed by atoms with E-state index in [1.165, 1.54) is 54.6 Å². The van der Waals surface area contributed by atoms with Crippen LogP contribution in [0.2, 0.25) is 5.02 Å². The minimum absolute atomic E-state index is 0.0270. The lowest BCUT2D eigenvalue weighted by atomic mass is 10.1. The smallest absolute Gasteiger partial charge is 0.255 e. The Labute approximate surface area is 184 Å². The monoisotopic (exact) mass is 460 g/mol. The summed E-state index contributed by atoms with van der Waals surface area (Å²) >= 11 is 6.21. The molecule has 3 rings (SSSR count). The fourth-order valence-corrected chi connectivity index (χ4v) is 3.67. The minimum Gasteiger partial charge on any atom is -0.326 e. The summed E-state index contributed by atoms with van der Waals surface area (Å²) in [6.45, 7) is 0. The summed E-state index contributed by atoms with van der Waals surface area (Å²) in [5.41, 5.74) is 1.08. The highest BCUT2D eigenvalue weighted by Crippen LogP contribution is 2.26. The van der Waals surface area contributed by atoms with E-state index >= 15 is 0 Å². The summed E-state index contributed by atoms with van der Waals surface area (Å²) < 4.78 is 37.0. The van der Waals surface area contributed by atoms with E-state index in [4.69, 9.17) is 11.6 Å². The van der Waals surface area contributed by atoms with Gasteiger partial charge in [-0.1, -0.05) is 35.9 Å². The van der Waals surface area contributed by atoms with Crippen LogP contribution >= 0.6 is 11.6 Å².